The molecule has 1 aromatic heterocycles. The Balaban J connectivity index is 0.000000470. The van der Waals surface area contributed by atoms with Crippen molar-refractivity contribution in [1.82, 2.24) is 15.2 Å². The van der Waals surface area contributed by atoms with Crippen molar-refractivity contribution in [3.8, 4) is 0 Å². The van der Waals surface area contributed by atoms with Crippen molar-refractivity contribution >= 4 is 29.4 Å². The molecule has 1 saturated carbocycles. The van der Waals surface area contributed by atoms with Gasteiger partial charge in [-0.05, 0) is 68.4 Å². The Morgan fingerprint density at radius 3 is 2.50 bits per heavy atom. The summed E-state index contributed by atoms with van der Waals surface area (Å²) < 4.78 is 31.7. The number of carbonyl (C=O) groups excluding carboxylic acids is 2. The first-order valence-electron chi connectivity index (χ1n) is 13.3. The molecule has 0 bridgehead atoms. The smallest absolute Gasteiger partial charge is 0.475 e. The van der Waals surface area contributed by atoms with Crippen molar-refractivity contribution in [2.75, 3.05) is 42.9 Å². The average Bonchev–Trinajstić information content (AvgIpc) is 3.70. The highest BCUT2D eigenvalue weighted by atomic mass is 19.4. The van der Waals surface area contributed by atoms with Crippen LogP contribution in [-0.4, -0.2) is 71.8 Å². The maximum atomic E-state index is 13.6. The molecule has 40 heavy (non-hydrogen) atoms. The van der Waals surface area contributed by atoms with E-state index in [2.05, 4.69) is 20.5 Å². The van der Waals surface area contributed by atoms with Gasteiger partial charge in [-0.25, -0.2) is 14.6 Å². The number of urea groups is 1. The highest BCUT2D eigenvalue weighted by Gasteiger charge is 2.54. The summed E-state index contributed by atoms with van der Waals surface area (Å²) in [5, 5.41) is 13.4. The fourth-order valence-electron chi connectivity index (χ4n) is 5.36. The van der Waals surface area contributed by atoms with Crippen LogP contribution in [0, 0.1) is 24.2 Å². The summed E-state index contributed by atoms with van der Waals surface area (Å²) in [7, 11) is 0. The maximum absolute atomic E-state index is 13.6. The van der Waals surface area contributed by atoms with E-state index in [9.17, 15) is 22.8 Å². The number of anilines is 2. The number of hydrogen-bond acceptors (Lipinski definition) is 5. The van der Waals surface area contributed by atoms with Gasteiger partial charge in [0.05, 0.1) is 5.41 Å². The largest absolute Gasteiger partial charge is 0.490 e. The van der Waals surface area contributed by atoms with Crippen molar-refractivity contribution in [3.05, 3.63) is 54.2 Å². The van der Waals surface area contributed by atoms with Crippen LogP contribution in [-0.2, 0) is 9.59 Å². The quantitative estimate of drug-likeness (QED) is 0.502. The Labute approximate surface area is 230 Å². The van der Waals surface area contributed by atoms with E-state index >= 15 is 0 Å². The van der Waals surface area contributed by atoms with E-state index in [1.807, 2.05) is 54.3 Å². The van der Waals surface area contributed by atoms with E-state index in [1.54, 1.807) is 6.20 Å². The topological polar surface area (TPSA) is 115 Å². The fraction of sp³-hybridized carbons (Fsp3) is 0.500. The van der Waals surface area contributed by atoms with Crippen LogP contribution in [0.15, 0.2) is 48.7 Å². The van der Waals surface area contributed by atoms with E-state index in [4.69, 9.17) is 9.90 Å². The zero-order chi connectivity index (χ0) is 28.9. The lowest BCUT2D eigenvalue weighted by molar-refractivity contribution is -0.192. The molecule has 2 atom stereocenters. The zero-order valence-corrected chi connectivity index (χ0v) is 22.3. The number of carboxylic acid groups (broad SMARTS) is 1. The predicted molar refractivity (Wildman–Crippen MR) is 143 cm³/mol. The van der Waals surface area contributed by atoms with Gasteiger partial charge in [0.1, 0.15) is 5.82 Å². The lowest BCUT2D eigenvalue weighted by Crippen LogP contribution is -2.49. The first-order valence-corrected chi connectivity index (χ1v) is 13.3. The molecule has 3 amide bonds. The van der Waals surface area contributed by atoms with Crippen LogP contribution in [0.3, 0.4) is 0 Å². The molecule has 3 aliphatic rings. The van der Waals surface area contributed by atoms with Crippen LogP contribution in [0.4, 0.5) is 29.5 Å². The molecule has 2 saturated heterocycles. The van der Waals surface area contributed by atoms with Crippen LogP contribution < -0.4 is 15.5 Å². The number of carbonyl (C=O) groups is 3. The van der Waals surface area contributed by atoms with Crippen LogP contribution in [0.5, 0.6) is 0 Å². The summed E-state index contributed by atoms with van der Waals surface area (Å²) in [6, 6.07) is 13.7. The first kappa shape index (κ1) is 29.2. The van der Waals surface area contributed by atoms with Crippen LogP contribution in [0.2, 0.25) is 0 Å². The van der Waals surface area contributed by atoms with E-state index in [1.165, 1.54) is 12.8 Å². The summed E-state index contributed by atoms with van der Waals surface area (Å²) in [6.07, 6.45) is 0.731. The number of benzene rings is 1. The lowest BCUT2D eigenvalue weighted by atomic mass is 9.74. The zero-order valence-electron chi connectivity index (χ0n) is 22.3. The van der Waals surface area contributed by atoms with Gasteiger partial charge in [0.25, 0.3) is 0 Å². The monoisotopic (exact) mass is 561 g/mol. The molecule has 1 aliphatic carbocycles. The molecule has 12 heteroatoms. The molecule has 216 valence electrons. The molecule has 5 rings (SSSR count). The van der Waals surface area contributed by atoms with Crippen molar-refractivity contribution < 1.29 is 32.7 Å². The van der Waals surface area contributed by atoms with Gasteiger partial charge in [0, 0.05) is 50.5 Å². The van der Waals surface area contributed by atoms with Crippen LogP contribution >= 0.6 is 0 Å². The van der Waals surface area contributed by atoms with Crippen molar-refractivity contribution in [1.29, 1.82) is 0 Å². The van der Waals surface area contributed by atoms with Crippen molar-refractivity contribution in [3.63, 3.8) is 0 Å². The number of carboxylic acids is 1. The molecule has 3 fully saturated rings. The molecule has 0 unspecified atom stereocenters. The molecule has 1 aromatic carbocycles. The van der Waals surface area contributed by atoms with Crippen molar-refractivity contribution in [2.45, 2.75) is 38.8 Å². The Bertz CT molecular complexity index is 1210. The molecule has 3 N–H and O–H groups in total. The van der Waals surface area contributed by atoms with Gasteiger partial charge in [0.15, 0.2) is 0 Å². The average molecular weight is 562 g/mol. The number of alkyl halides is 3. The number of nitrogens with zero attached hydrogens (tertiary/aromatic N) is 3. The minimum Gasteiger partial charge on any atom is -0.475 e. The summed E-state index contributed by atoms with van der Waals surface area (Å²) in [5.74, 6) is -1.01. The third kappa shape index (κ3) is 7.22. The number of halogens is 3. The molecule has 2 aliphatic heterocycles. The molecule has 0 spiro atoms. The highest BCUT2D eigenvalue weighted by Crippen LogP contribution is 2.44. The standard InChI is InChI=1S/C26H33N5O2.C2HF3O2/c1-19-6-4-7-22(14-19)29-25(33)30-13-5-11-26(24(32)28-15-20-9-10-20)18-31(17-21(26)16-30)23-8-2-3-12-27-23;3-2(4,5)1(6)7/h2-4,6-8,12,14,20-21H,5,9-11,13,15-18H2,1H3,(H,28,32)(H,29,33);(H,6,7)/t21-,26-;/m0./s1. The van der Waals surface area contributed by atoms with Gasteiger partial charge < -0.3 is 25.5 Å². The number of aromatic nitrogens is 1. The first-order chi connectivity index (χ1) is 19.0. The Morgan fingerprint density at radius 1 is 1.12 bits per heavy atom. The lowest BCUT2D eigenvalue weighted by Gasteiger charge is -2.32. The second-order valence-electron chi connectivity index (χ2n) is 10.7. The summed E-state index contributed by atoms with van der Waals surface area (Å²) in [4.78, 5) is 44.3. The van der Waals surface area contributed by atoms with Gasteiger partial charge in [-0.15, -0.1) is 0 Å². The maximum Gasteiger partial charge on any atom is 0.490 e. The minimum absolute atomic E-state index is 0.0597. The summed E-state index contributed by atoms with van der Waals surface area (Å²) >= 11 is 0. The number of hydrogen-bond donors (Lipinski definition) is 3. The fourth-order valence-corrected chi connectivity index (χ4v) is 5.36. The summed E-state index contributed by atoms with van der Waals surface area (Å²) in [6.45, 7) is 5.39. The third-order valence-electron chi connectivity index (χ3n) is 7.66. The van der Waals surface area contributed by atoms with Gasteiger partial charge >= 0.3 is 18.2 Å². The number of fused-ring (bicyclic) bond motifs is 1. The Hall–Kier alpha value is -3.83. The number of nitrogens with one attached hydrogen (secondary N) is 2. The predicted octanol–water partition coefficient (Wildman–Crippen LogP) is 4.30. The van der Waals surface area contributed by atoms with E-state index < -0.39 is 17.6 Å². The number of aryl methyl sites for hydroxylation is 1. The molecule has 3 heterocycles. The van der Waals surface area contributed by atoms with Crippen LogP contribution in [0.1, 0.15) is 31.2 Å². The number of likely N-dealkylation sites (tertiary alicyclic amines) is 1. The SMILES string of the molecule is Cc1cccc(NC(=O)N2CCC[C@]3(C(=O)NCC4CC4)CN(c4ccccn4)C[C@@H]3C2)c1.O=C(O)C(F)(F)F. The highest BCUT2D eigenvalue weighted by molar-refractivity contribution is 5.90. The summed E-state index contributed by atoms with van der Waals surface area (Å²) in [5.41, 5.74) is 1.42. The van der Waals surface area contributed by atoms with Gasteiger partial charge in [-0.3, -0.25) is 4.79 Å². The van der Waals surface area contributed by atoms with Crippen molar-refractivity contribution in [2.24, 2.45) is 17.3 Å². The molecule has 2 aromatic rings. The second kappa shape index (κ2) is 12.1. The number of amides is 3. The van der Waals surface area contributed by atoms with E-state index in [0.717, 1.165) is 43.0 Å². The Kier molecular flexibility index (Phi) is 8.85. The van der Waals surface area contributed by atoms with E-state index in [-0.39, 0.29) is 17.9 Å². The molecule has 0 radical (unpaired) electrons. The van der Waals surface area contributed by atoms with Gasteiger partial charge in [-0.1, -0.05) is 18.2 Å². The third-order valence-corrected chi connectivity index (χ3v) is 7.66. The second-order valence-corrected chi connectivity index (χ2v) is 10.7. The number of pyridine rings is 1. The number of aliphatic carboxylic acids is 1. The Morgan fingerprint density at radius 2 is 1.88 bits per heavy atom. The van der Waals surface area contributed by atoms with Gasteiger partial charge in [0.2, 0.25) is 5.91 Å². The normalized spacial score (nSPS) is 22.4. The van der Waals surface area contributed by atoms with Crippen LogP contribution in [0.25, 0.3) is 0 Å². The molecular formula is C28H34F3N5O4. The van der Waals surface area contributed by atoms with Gasteiger partial charge in [-0.2, -0.15) is 13.2 Å². The number of rotatable bonds is 5. The van der Waals surface area contributed by atoms with E-state index in [0.29, 0.717) is 25.6 Å². The molecule has 9 nitrogen and oxygen atoms in total. The molecular weight excluding hydrogens is 527 g/mol. The minimum atomic E-state index is -5.08.